The molecule has 92 valence electrons. The number of halogens is 2. The van der Waals surface area contributed by atoms with Crippen molar-refractivity contribution in [3.05, 3.63) is 56.4 Å². The van der Waals surface area contributed by atoms with E-state index in [1.807, 2.05) is 0 Å². The lowest BCUT2D eigenvalue weighted by atomic mass is 10.1. The normalized spacial score (nSPS) is 10.3. The predicted octanol–water partition coefficient (Wildman–Crippen LogP) is 3.73. The average Bonchev–Trinajstić information content (AvgIpc) is 2.81. The van der Waals surface area contributed by atoms with Crippen LogP contribution < -0.4 is 0 Å². The molecule has 1 aromatic heterocycles. The molecular formula is C12H6Br2O4. The van der Waals surface area contributed by atoms with Gasteiger partial charge in [-0.15, -0.1) is 0 Å². The molecule has 0 unspecified atom stereocenters. The van der Waals surface area contributed by atoms with E-state index in [0.717, 1.165) is 4.47 Å². The van der Waals surface area contributed by atoms with Gasteiger partial charge in [-0.25, -0.2) is 4.79 Å². The number of carboxylic acids is 1. The number of benzene rings is 1. The first-order valence-corrected chi connectivity index (χ1v) is 6.40. The minimum Gasteiger partial charge on any atom is -0.475 e. The summed E-state index contributed by atoms with van der Waals surface area (Å²) in [6.07, 6.45) is 0. The fraction of sp³-hybridized carbons (Fsp3) is 0. The number of rotatable bonds is 3. The van der Waals surface area contributed by atoms with Gasteiger partial charge in [-0.3, -0.25) is 4.79 Å². The van der Waals surface area contributed by atoms with Gasteiger partial charge in [0.2, 0.25) is 11.5 Å². The molecule has 1 N–H and O–H groups in total. The third-order valence-electron chi connectivity index (χ3n) is 2.21. The van der Waals surface area contributed by atoms with Crippen molar-refractivity contribution in [1.29, 1.82) is 0 Å². The molecule has 0 aliphatic heterocycles. The van der Waals surface area contributed by atoms with Crippen LogP contribution in [-0.2, 0) is 0 Å². The van der Waals surface area contributed by atoms with Crippen molar-refractivity contribution in [3.8, 4) is 0 Å². The Labute approximate surface area is 119 Å². The summed E-state index contributed by atoms with van der Waals surface area (Å²) < 4.78 is 6.33. The SMILES string of the molecule is O=C(O)c1ccc(C(=O)c2cc(Br)ccc2Br)o1. The number of furan rings is 1. The molecule has 0 amide bonds. The molecule has 0 saturated heterocycles. The maximum absolute atomic E-state index is 12.1. The molecule has 2 aromatic rings. The second-order valence-corrected chi connectivity index (χ2v) is 5.19. The Morgan fingerprint density at radius 1 is 1.06 bits per heavy atom. The van der Waals surface area contributed by atoms with Gasteiger partial charge in [-0.2, -0.15) is 0 Å². The van der Waals surface area contributed by atoms with Crippen molar-refractivity contribution in [3.63, 3.8) is 0 Å². The van der Waals surface area contributed by atoms with Crippen LogP contribution in [0.1, 0.15) is 26.7 Å². The van der Waals surface area contributed by atoms with Crippen LogP contribution in [-0.4, -0.2) is 16.9 Å². The van der Waals surface area contributed by atoms with E-state index in [4.69, 9.17) is 9.52 Å². The molecule has 0 aliphatic carbocycles. The molecule has 4 nitrogen and oxygen atoms in total. The molecule has 0 bridgehead atoms. The van der Waals surface area contributed by atoms with E-state index in [0.29, 0.717) is 10.0 Å². The first-order valence-electron chi connectivity index (χ1n) is 4.82. The van der Waals surface area contributed by atoms with Crippen LogP contribution in [0.15, 0.2) is 43.7 Å². The van der Waals surface area contributed by atoms with Gasteiger partial charge in [0.1, 0.15) is 0 Å². The highest BCUT2D eigenvalue weighted by Crippen LogP contribution is 2.24. The lowest BCUT2D eigenvalue weighted by Crippen LogP contribution is -2.01. The third kappa shape index (κ3) is 2.54. The molecule has 0 spiro atoms. The molecule has 0 fully saturated rings. The van der Waals surface area contributed by atoms with Gasteiger partial charge in [-0.1, -0.05) is 31.9 Å². The lowest BCUT2D eigenvalue weighted by molar-refractivity contribution is 0.0660. The Kier molecular flexibility index (Phi) is 3.68. The van der Waals surface area contributed by atoms with Gasteiger partial charge >= 0.3 is 5.97 Å². The maximum Gasteiger partial charge on any atom is 0.371 e. The highest BCUT2D eigenvalue weighted by atomic mass is 79.9. The number of aromatic carboxylic acids is 1. The van der Waals surface area contributed by atoms with Crippen LogP contribution in [0.4, 0.5) is 0 Å². The standard InChI is InChI=1S/C12H6Br2O4/c13-6-1-2-8(14)7(5-6)11(15)9-3-4-10(18-9)12(16)17/h1-5H,(H,16,17). The van der Waals surface area contributed by atoms with E-state index in [-0.39, 0.29) is 17.3 Å². The van der Waals surface area contributed by atoms with Gasteiger partial charge < -0.3 is 9.52 Å². The van der Waals surface area contributed by atoms with E-state index < -0.39 is 5.97 Å². The molecule has 0 radical (unpaired) electrons. The second kappa shape index (κ2) is 5.07. The number of carbonyl (C=O) groups excluding carboxylic acids is 1. The summed E-state index contributed by atoms with van der Waals surface area (Å²) in [6, 6.07) is 7.74. The largest absolute Gasteiger partial charge is 0.475 e. The summed E-state index contributed by atoms with van der Waals surface area (Å²) in [5.41, 5.74) is 0.399. The fourth-order valence-corrected chi connectivity index (χ4v) is 2.17. The van der Waals surface area contributed by atoms with E-state index in [2.05, 4.69) is 31.9 Å². The minimum absolute atomic E-state index is 0.00815. The zero-order valence-electron chi connectivity index (χ0n) is 8.81. The lowest BCUT2D eigenvalue weighted by Gasteiger charge is -2.02. The van der Waals surface area contributed by atoms with Gasteiger partial charge in [-0.05, 0) is 30.3 Å². The van der Waals surface area contributed by atoms with E-state index in [9.17, 15) is 9.59 Å². The monoisotopic (exact) mass is 372 g/mol. The average molecular weight is 374 g/mol. The second-order valence-electron chi connectivity index (χ2n) is 3.42. The summed E-state index contributed by atoms with van der Waals surface area (Å²) in [6.45, 7) is 0. The van der Waals surface area contributed by atoms with Crippen molar-refractivity contribution < 1.29 is 19.1 Å². The molecule has 0 saturated carbocycles. The summed E-state index contributed by atoms with van der Waals surface area (Å²) in [4.78, 5) is 22.8. The van der Waals surface area contributed by atoms with Crippen molar-refractivity contribution in [1.82, 2.24) is 0 Å². The Morgan fingerprint density at radius 2 is 1.72 bits per heavy atom. The number of carboxylic acid groups (broad SMARTS) is 1. The van der Waals surface area contributed by atoms with Crippen LogP contribution in [0.2, 0.25) is 0 Å². The van der Waals surface area contributed by atoms with Crippen LogP contribution in [0.3, 0.4) is 0 Å². The number of carbonyl (C=O) groups is 2. The molecule has 0 aliphatic rings. The highest BCUT2D eigenvalue weighted by Gasteiger charge is 2.18. The molecule has 2 rings (SSSR count). The van der Waals surface area contributed by atoms with E-state index >= 15 is 0 Å². The minimum atomic E-state index is -1.21. The Hall–Kier alpha value is -1.40. The third-order valence-corrected chi connectivity index (χ3v) is 3.40. The first kappa shape index (κ1) is 13.0. The quantitative estimate of drug-likeness (QED) is 0.832. The number of hydrogen-bond acceptors (Lipinski definition) is 3. The zero-order chi connectivity index (χ0) is 13.3. The van der Waals surface area contributed by atoms with Gasteiger partial charge in [0.05, 0.1) is 0 Å². The molecular weight excluding hydrogens is 368 g/mol. The summed E-state index contributed by atoms with van der Waals surface area (Å²) in [7, 11) is 0. The molecule has 6 heteroatoms. The number of hydrogen-bond donors (Lipinski definition) is 1. The van der Waals surface area contributed by atoms with Crippen LogP contribution in [0.25, 0.3) is 0 Å². The van der Waals surface area contributed by atoms with Crippen LogP contribution in [0, 0.1) is 0 Å². The number of ketones is 1. The predicted molar refractivity (Wildman–Crippen MR) is 70.9 cm³/mol. The van der Waals surface area contributed by atoms with Crippen molar-refractivity contribution >= 4 is 43.6 Å². The highest BCUT2D eigenvalue weighted by molar-refractivity contribution is 9.11. The summed E-state index contributed by atoms with van der Waals surface area (Å²) >= 11 is 6.53. The van der Waals surface area contributed by atoms with Crippen molar-refractivity contribution in [2.45, 2.75) is 0 Å². The van der Waals surface area contributed by atoms with Gasteiger partial charge in [0.25, 0.3) is 0 Å². The molecule has 18 heavy (non-hydrogen) atoms. The van der Waals surface area contributed by atoms with Crippen LogP contribution >= 0.6 is 31.9 Å². The summed E-state index contributed by atoms with van der Waals surface area (Å²) in [5.74, 6) is -1.85. The van der Waals surface area contributed by atoms with Crippen molar-refractivity contribution in [2.75, 3.05) is 0 Å². The molecule has 1 heterocycles. The topological polar surface area (TPSA) is 67.5 Å². The Balaban J connectivity index is 2.41. The maximum atomic E-state index is 12.1. The van der Waals surface area contributed by atoms with Gasteiger partial charge in [0, 0.05) is 14.5 Å². The smallest absolute Gasteiger partial charge is 0.371 e. The first-order chi connectivity index (χ1) is 8.49. The molecule has 0 atom stereocenters. The Morgan fingerprint density at radius 3 is 2.33 bits per heavy atom. The van der Waals surface area contributed by atoms with Crippen LogP contribution in [0.5, 0.6) is 0 Å². The fourth-order valence-electron chi connectivity index (χ4n) is 1.38. The molecule has 1 aromatic carbocycles. The van der Waals surface area contributed by atoms with Gasteiger partial charge in [0.15, 0.2) is 5.76 Å². The summed E-state index contributed by atoms with van der Waals surface area (Å²) in [5, 5.41) is 8.73. The zero-order valence-corrected chi connectivity index (χ0v) is 12.0. The Bertz CT molecular complexity index is 631. The van der Waals surface area contributed by atoms with Crippen molar-refractivity contribution in [2.24, 2.45) is 0 Å². The van der Waals surface area contributed by atoms with E-state index in [1.165, 1.54) is 12.1 Å². The van der Waals surface area contributed by atoms with E-state index in [1.54, 1.807) is 18.2 Å².